The first-order valence-electron chi connectivity index (χ1n) is 6.32. The number of carboxylic acids is 1. The number of carbonyl (C=O) groups excluding carboxylic acids is 2. The van der Waals surface area contributed by atoms with Crippen molar-refractivity contribution in [2.45, 2.75) is 25.9 Å². The van der Waals surface area contributed by atoms with Crippen molar-refractivity contribution in [3.8, 4) is 0 Å². The van der Waals surface area contributed by atoms with Crippen LogP contribution < -0.4 is 5.73 Å². The van der Waals surface area contributed by atoms with E-state index in [1.54, 1.807) is 0 Å². The molecule has 0 aliphatic rings. The minimum absolute atomic E-state index is 0.0920. The molecule has 6 nitrogen and oxygen atoms in total. The molecule has 0 spiro atoms. The van der Waals surface area contributed by atoms with Crippen molar-refractivity contribution >= 4 is 23.4 Å². The molecule has 0 saturated heterocycles. The van der Waals surface area contributed by atoms with Gasteiger partial charge in [-0.25, -0.2) is 4.79 Å². The molecule has 126 valence electrons. The van der Waals surface area contributed by atoms with E-state index in [1.165, 1.54) is 24.3 Å². The van der Waals surface area contributed by atoms with Gasteiger partial charge in [0.05, 0.1) is 5.71 Å². The number of nitrogens with two attached hydrogens (primary N) is 1. The second-order valence-electron chi connectivity index (χ2n) is 4.30. The maximum Gasteiger partial charge on any atom is 0.490 e. The van der Waals surface area contributed by atoms with Crippen molar-refractivity contribution in [3.63, 3.8) is 0 Å². The summed E-state index contributed by atoms with van der Waals surface area (Å²) in [7, 11) is 0. The maximum absolute atomic E-state index is 11.7. The normalized spacial score (nSPS) is 10.3. The number of amides is 1. The molecule has 0 aliphatic carbocycles. The molecule has 0 heterocycles. The molecule has 0 radical (unpaired) electrons. The summed E-state index contributed by atoms with van der Waals surface area (Å²) in [5.74, 6) is -3.58. The second-order valence-corrected chi connectivity index (χ2v) is 4.30. The first-order chi connectivity index (χ1) is 10.5. The summed E-state index contributed by atoms with van der Waals surface area (Å²) in [6.45, 7) is 1.91. The van der Waals surface area contributed by atoms with Gasteiger partial charge < -0.3 is 16.2 Å². The van der Waals surface area contributed by atoms with Crippen LogP contribution in [-0.4, -0.2) is 34.7 Å². The van der Waals surface area contributed by atoms with Gasteiger partial charge in [-0.05, 0) is 18.6 Å². The number of aliphatic carboxylic acids is 1. The summed E-state index contributed by atoms with van der Waals surface area (Å²) in [6.07, 6.45) is -3.85. The Kier molecular flexibility index (Phi) is 7.64. The van der Waals surface area contributed by atoms with Crippen LogP contribution in [-0.2, 0) is 4.79 Å². The van der Waals surface area contributed by atoms with E-state index in [0.29, 0.717) is 17.5 Å². The van der Waals surface area contributed by atoms with E-state index in [0.717, 1.165) is 6.42 Å². The van der Waals surface area contributed by atoms with Crippen molar-refractivity contribution < 1.29 is 32.7 Å². The molecule has 0 bridgehead atoms. The Labute approximate surface area is 129 Å². The highest BCUT2D eigenvalue weighted by Crippen LogP contribution is 2.13. The van der Waals surface area contributed by atoms with Gasteiger partial charge in [0.25, 0.3) is 0 Å². The van der Waals surface area contributed by atoms with Crippen molar-refractivity contribution in [3.05, 3.63) is 35.4 Å². The number of hydrogen-bond acceptors (Lipinski definition) is 4. The summed E-state index contributed by atoms with van der Waals surface area (Å²) in [5.41, 5.74) is 5.95. The average molecular weight is 332 g/mol. The minimum atomic E-state index is -5.08. The van der Waals surface area contributed by atoms with E-state index in [2.05, 4.69) is 0 Å². The highest BCUT2D eigenvalue weighted by atomic mass is 19.4. The Morgan fingerprint density at radius 2 is 1.52 bits per heavy atom. The third kappa shape index (κ3) is 7.21. The van der Waals surface area contributed by atoms with Gasteiger partial charge in [0.2, 0.25) is 11.7 Å². The number of rotatable bonds is 5. The predicted molar refractivity (Wildman–Crippen MR) is 75.6 cm³/mol. The molecule has 0 fully saturated rings. The number of benzene rings is 1. The number of carboxylic acid groups (broad SMARTS) is 1. The molecule has 4 N–H and O–H groups in total. The van der Waals surface area contributed by atoms with Crippen LogP contribution in [0.15, 0.2) is 24.3 Å². The summed E-state index contributed by atoms with van der Waals surface area (Å²) in [6, 6.07) is 6.03. The van der Waals surface area contributed by atoms with Gasteiger partial charge in [-0.3, -0.25) is 9.59 Å². The Hall–Kier alpha value is -2.71. The first-order valence-corrected chi connectivity index (χ1v) is 6.32. The monoisotopic (exact) mass is 332 g/mol. The Bertz CT molecular complexity index is 595. The highest BCUT2D eigenvalue weighted by molar-refractivity contribution is 6.44. The van der Waals surface area contributed by atoms with Crippen molar-refractivity contribution in [1.82, 2.24) is 0 Å². The van der Waals surface area contributed by atoms with E-state index in [-0.39, 0.29) is 11.5 Å². The Morgan fingerprint density at radius 3 is 1.83 bits per heavy atom. The van der Waals surface area contributed by atoms with Crippen LogP contribution in [0.1, 0.15) is 40.5 Å². The Morgan fingerprint density at radius 1 is 1.13 bits per heavy atom. The highest BCUT2D eigenvalue weighted by Gasteiger charge is 2.38. The lowest BCUT2D eigenvalue weighted by Crippen LogP contribution is -2.21. The number of ketones is 1. The van der Waals surface area contributed by atoms with Gasteiger partial charge in [0, 0.05) is 11.1 Å². The smallest absolute Gasteiger partial charge is 0.475 e. The number of primary amides is 1. The van der Waals surface area contributed by atoms with Crippen LogP contribution in [0.2, 0.25) is 0 Å². The van der Waals surface area contributed by atoms with Gasteiger partial charge in [-0.1, -0.05) is 25.5 Å². The van der Waals surface area contributed by atoms with E-state index >= 15 is 0 Å². The van der Waals surface area contributed by atoms with Gasteiger partial charge in [-0.15, -0.1) is 0 Å². The SMILES string of the molecule is CCCC(=N)C(=O)c1ccc(C(N)=O)cc1.O=C(O)C(F)(F)F. The molecule has 1 aromatic carbocycles. The third-order valence-corrected chi connectivity index (χ3v) is 2.45. The topological polar surface area (TPSA) is 121 Å². The Balaban J connectivity index is 0.000000585. The zero-order valence-corrected chi connectivity index (χ0v) is 12.1. The summed E-state index contributed by atoms with van der Waals surface area (Å²) < 4.78 is 31.7. The van der Waals surface area contributed by atoms with Crippen molar-refractivity contribution in [2.24, 2.45) is 5.73 Å². The quantitative estimate of drug-likeness (QED) is 0.566. The van der Waals surface area contributed by atoms with Crippen LogP contribution in [0.3, 0.4) is 0 Å². The fourth-order valence-electron chi connectivity index (χ4n) is 1.32. The molecule has 0 saturated carbocycles. The summed E-state index contributed by atoms with van der Waals surface area (Å²) in [5, 5.41) is 14.7. The third-order valence-electron chi connectivity index (χ3n) is 2.45. The lowest BCUT2D eigenvalue weighted by Gasteiger charge is -2.02. The van der Waals surface area contributed by atoms with E-state index in [1.807, 2.05) is 6.92 Å². The molecule has 1 rings (SSSR count). The molecule has 1 amide bonds. The zero-order chi connectivity index (χ0) is 18.2. The van der Waals surface area contributed by atoms with E-state index in [9.17, 15) is 22.8 Å². The predicted octanol–water partition coefficient (Wildman–Crippen LogP) is 2.42. The van der Waals surface area contributed by atoms with Crippen molar-refractivity contribution in [2.75, 3.05) is 0 Å². The molecule has 0 aromatic heterocycles. The molecule has 9 heteroatoms. The molecule has 0 atom stereocenters. The summed E-state index contributed by atoms with van der Waals surface area (Å²) >= 11 is 0. The molecular formula is C14H15F3N2O4. The lowest BCUT2D eigenvalue weighted by molar-refractivity contribution is -0.192. The number of alkyl halides is 3. The number of hydrogen-bond donors (Lipinski definition) is 3. The summed E-state index contributed by atoms with van der Waals surface area (Å²) in [4.78, 5) is 31.4. The molecule has 0 aliphatic heterocycles. The minimum Gasteiger partial charge on any atom is -0.475 e. The van der Waals surface area contributed by atoms with Crippen molar-refractivity contribution in [1.29, 1.82) is 5.41 Å². The fourth-order valence-corrected chi connectivity index (χ4v) is 1.32. The molecular weight excluding hydrogens is 317 g/mol. The maximum atomic E-state index is 11.7. The standard InChI is InChI=1S/C12H14N2O2.C2HF3O2/c1-2-3-10(13)11(15)8-4-6-9(7-5-8)12(14)16;3-2(4,5)1(6)7/h4-7,13H,2-3H2,1H3,(H2,14,16);(H,6,7). The molecule has 1 aromatic rings. The van der Waals surface area contributed by atoms with Crippen LogP contribution in [0.25, 0.3) is 0 Å². The molecule has 0 unspecified atom stereocenters. The van der Waals surface area contributed by atoms with Gasteiger partial charge in [0.15, 0.2) is 0 Å². The fraction of sp³-hybridized carbons (Fsp3) is 0.286. The van der Waals surface area contributed by atoms with Crippen LogP contribution in [0, 0.1) is 5.41 Å². The van der Waals surface area contributed by atoms with Gasteiger partial charge >= 0.3 is 12.1 Å². The number of halogens is 3. The van der Waals surface area contributed by atoms with Crippen LogP contribution in [0.5, 0.6) is 0 Å². The van der Waals surface area contributed by atoms with Crippen LogP contribution >= 0.6 is 0 Å². The van der Waals surface area contributed by atoms with E-state index in [4.69, 9.17) is 21.0 Å². The second kappa shape index (κ2) is 8.66. The van der Waals surface area contributed by atoms with Gasteiger partial charge in [0.1, 0.15) is 0 Å². The van der Waals surface area contributed by atoms with Crippen LogP contribution in [0.4, 0.5) is 13.2 Å². The number of nitrogens with one attached hydrogen (secondary N) is 1. The number of carbonyl (C=O) groups is 3. The largest absolute Gasteiger partial charge is 0.490 e. The van der Waals surface area contributed by atoms with Gasteiger partial charge in [-0.2, -0.15) is 13.2 Å². The lowest BCUT2D eigenvalue weighted by atomic mass is 10.0. The number of Topliss-reactive ketones (excluding diaryl/α,β-unsaturated/α-hetero) is 1. The van der Waals surface area contributed by atoms with E-state index < -0.39 is 18.1 Å². The molecule has 23 heavy (non-hydrogen) atoms. The first kappa shape index (κ1) is 20.3. The average Bonchev–Trinajstić information content (AvgIpc) is 2.46. The zero-order valence-electron chi connectivity index (χ0n) is 12.1.